The Morgan fingerprint density at radius 1 is 0.356 bits per heavy atom. The van der Waals surface area contributed by atoms with Crippen molar-refractivity contribution in [2.45, 2.75) is 245 Å². The quantitative estimate of drug-likeness (QED) is 0.0263. The summed E-state index contributed by atoms with van der Waals surface area (Å²) < 4.78 is 16.7. The second kappa shape index (κ2) is 47.8. The van der Waals surface area contributed by atoms with Crippen molar-refractivity contribution in [3.63, 3.8) is 0 Å². The Kier molecular flexibility index (Phi) is 45.4. The van der Waals surface area contributed by atoms with E-state index in [9.17, 15) is 14.4 Å². The minimum Gasteiger partial charge on any atom is -0.462 e. The van der Waals surface area contributed by atoms with Crippen molar-refractivity contribution in [2.75, 3.05) is 13.2 Å². The zero-order chi connectivity index (χ0) is 43.0. The molecule has 0 saturated carbocycles. The van der Waals surface area contributed by atoms with Crippen molar-refractivity contribution in [2.24, 2.45) is 0 Å². The minimum absolute atomic E-state index is 0.0883. The van der Waals surface area contributed by atoms with Crippen molar-refractivity contribution in [1.82, 2.24) is 0 Å². The smallest absolute Gasteiger partial charge is 0.306 e. The molecule has 0 saturated heterocycles. The largest absolute Gasteiger partial charge is 0.462 e. The van der Waals surface area contributed by atoms with E-state index in [4.69, 9.17) is 14.2 Å². The van der Waals surface area contributed by atoms with Crippen molar-refractivity contribution in [3.05, 3.63) is 60.8 Å². The maximum absolute atomic E-state index is 12.8. The number of esters is 3. The molecule has 0 rings (SSSR count). The molecule has 0 fully saturated rings. The first-order valence-corrected chi connectivity index (χ1v) is 24.8. The highest BCUT2D eigenvalue weighted by Gasteiger charge is 2.19. The number of carbonyl (C=O) groups is 3. The molecule has 0 aliphatic carbocycles. The van der Waals surface area contributed by atoms with Crippen LogP contribution >= 0.6 is 0 Å². The first-order chi connectivity index (χ1) is 29.0. The van der Waals surface area contributed by atoms with Gasteiger partial charge >= 0.3 is 17.9 Å². The Bertz CT molecular complexity index is 1030. The second-order valence-corrected chi connectivity index (χ2v) is 16.3. The predicted molar refractivity (Wildman–Crippen MR) is 251 cm³/mol. The molecule has 0 N–H and O–H groups in total. The molecular formula is C53H92O6. The van der Waals surface area contributed by atoms with E-state index in [2.05, 4.69) is 81.5 Å². The summed E-state index contributed by atoms with van der Waals surface area (Å²) in [6.07, 6.45) is 57.7. The Labute approximate surface area is 364 Å². The molecular weight excluding hydrogens is 733 g/mol. The van der Waals surface area contributed by atoms with Crippen LogP contribution in [0, 0.1) is 0 Å². The van der Waals surface area contributed by atoms with E-state index in [1.165, 1.54) is 89.9 Å². The maximum Gasteiger partial charge on any atom is 0.306 e. The molecule has 0 spiro atoms. The highest BCUT2D eigenvalue weighted by Crippen LogP contribution is 2.13. The van der Waals surface area contributed by atoms with E-state index >= 15 is 0 Å². The van der Waals surface area contributed by atoms with Gasteiger partial charge in [-0.25, -0.2) is 0 Å². The normalized spacial score (nSPS) is 12.1. The third-order valence-electron chi connectivity index (χ3n) is 10.5. The van der Waals surface area contributed by atoms with Gasteiger partial charge in [-0.3, -0.25) is 14.4 Å². The number of ether oxygens (including phenoxy) is 3. The average molecular weight is 825 g/mol. The van der Waals surface area contributed by atoms with E-state index in [1.54, 1.807) is 0 Å². The molecule has 0 aromatic carbocycles. The van der Waals surface area contributed by atoms with Gasteiger partial charge in [-0.1, -0.05) is 178 Å². The highest BCUT2D eigenvalue weighted by molar-refractivity contribution is 5.71. The molecule has 0 radical (unpaired) electrons. The summed E-state index contributed by atoms with van der Waals surface area (Å²) in [5.74, 6) is -0.921. The van der Waals surface area contributed by atoms with Crippen molar-refractivity contribution >= 4 is 17.9 Å². The molecule has 0 aliphatic rings. The topological polar surface area (TPSA) is 78.9 Å². The molecule has 340 valence electrons. The monoisotopic (exact) mass is 825 g/mol. The summed E-state index contributed by atoms with van der Waals surface area (Å²) in [6.45, 7) is 6.46. The molecule has 6 heteroatoms. The number of allylic oxidation sites excluding steroid dienone is 10. The average Bonchev–Trinajstić information content (AvgIpc) is 3.23. The van der Waals surface area contributed by atoms with Gasteiger partial charge in [0.1, 0.15) is 13.2 Å². The van der Waals surface area contributed by atoms with E-state index < -0.39 is 6.10 Å². The van der Waals surface area contributed by atoms with E-state index in [1.807, 2.05) is 0 Å². The van der Waals surface area contributed by atoms with Crippen LogP contribution in [0.15, 0.2) is 60.8 Å². The second-order valence-electron chi connectivity index (χ2n) is 16.3. The molecule has 0 bridgehead atoms. The van der Waals surface area contributed by atoms with Crippen LogP contribution in [0.5, 0.6) is 0 Å². The van der Waals surface area contributed by atoms with Crippen LogP contribution in [0.25, 0.3) is 0 Å². The van der Waals surface area contributed by atoms with Gasteiger partial charge in [0.05, 0.1) is 0 Å². The van der Waals surface area contributed by atoms with Gasteiger partial charge in [-0.2, -0.15) is 0 Å². The van der Waals surface area contributed by atoms with E-state index in [0.29, 0.717) is 19.3 Å². The molecule has 0 heterocycles. The molecule has 6 nitrogen and oxygen atoms in total. The molecule has 0 aliphatic heterocycles. The number of rotatable bonds is 44. The standard InChI is InChI=1S/C53H92O6/c1-4-7-10-13-16-19-22-25-26-29-32-35-38-41-44-47-53(56)59-50(48-57-51(54)45-42-39-36-33-30-27-23-20-17-14-11-8-5-2)49-58-52(55)46-43-40-37-34-31-28-24-21-18-15-12-9-6-3/h7,10,16,19-21,23-26,50H,4-6,8-9,11-15,17-18,22,27-49H2,1-3H3/b10-7-,19-16-,23-20-,24-21-,26-25-. The maximum atomic E-state index is 12.8. The van der Waals surface area contributed by atoms with Crippen LogP contribution in [0.1, 0.15) is 239 Å². The first kappa shape index (κ1) is 56.1. The summed E-state index contributed by atoms with van der Waals surface area (Å²) in [5, 5.41) is 0. The zero-order valence-corrected chi connectivity index (χ0v) is 38.8. The summed E-state index contributed by atoms with van der Waals surface area (Å²) in [5.41, 5.74) is 0. The lowest BCUT2D eigenvalue weighted by Gasteiger charge is -2.18. The third kappa shape index (κ3) is 46.0. The van der Waals surface area contributed by atoms with E-state index in [0.717, 1.165) is 109 Å². The van der Waals surface area contributed by atoms with Gasteiger partial charge < -0.3 is 14.2 Å². The summed E-state index contributed by atoms with van der Waals surface area (Å²) in [6, 6.07) is 0. The lowest BCUT2D eigenvalue weighted by Crippen LogP contribution is -2.30. The fourth-order valence-corrected chi connectivity index (χ4v) is 6.74. The molecule has 0 aromatic heterocycles. The van der Waals surface area contributed by atoms with Crippen molar-refractivity contribution in [3.8, 4) is 0 Å². The Balaban J connectivity index is 4.44. The molecule has 59 heavy (non-hydrogen) atoms. The molecule has 0 unspecified atom stereocenters. The Morgan fingerprint density at radius 3 is 1.05 bits per heavy atom. The minimum atomic E-state index is -0.788. The van der Waals surface area contributed by atoms with Gasteiger partial charge in [0.25, 0.3) is 0 Å². The number of unbranched alkanes of at least 4 members (excludes halogenated alkanes) is 23. The summed E-state index contributed by atoms with van der Waals surface area (Å²) >= 11 is 0. The zero-order valence-electron chi connectivity index (χ0n) is 38.8. The van der Waals surface area contributed by atoms with Gasteiger partial charge in [0.15, 0.2) is 6.10 Å². The first-order valence-electron chi connectivity index (χ1n) is 24.8. The van der Waals surface area contributed by atoms with Gasteiger partial charge in [0.2, 0.25) is 0 Å². The fourth-order valence-electron chi connectivity index (χ4n) is 6.74. The SMILES string of the molecule is CC/C=C\C/C=C\C/C=C\CCCCCCCC(=O)OC(COC(=O)CCCCCCC/C=C\CCCCCC)COC(=O)CCCCCCC/C=C\CCCCCC. The van der Waals surface area contributed by atoms with Crippen LogP contribution in [0.4, 0.5) is 0 Å². The summed E-state index contributed by atoms with van der Waals surface area (Å²) in [4.78, 5) is 37.9. The van der Waals surface area contributed by atoms with Crippen LogP contribution in [-0.2, 0) is 28.6 Å². The predicted octanol–water partition coefficient (Wildman–Crippen LogP) is 16.1. The van der Waals surface area contributed by atoms with Crippen molar-refractivity contribution < 1.29 is 28.6 Å². The van der Waals surface area contributed by atoms with Crippen LogP contribution in [0.2, 0.25) is 0 Å². The Morgan fingerprint density at radius 2 is 0.661 bits per heavy atom. The number of hydrogen-bond donors (Lipinski definition) is 0. The summed E-state index contributed by atoms with van der Waals surface area (Å²) in [7, 11) is 0. The van der Waals surface area contributed by atoms with Crippen LogP contribution in [0.3, 0.4) is 0 Å². The van der Waals surface area contributed by atoms with E-state index in [-0.39, 0.29) is 31.1 Å². The fraction of sp³-hybridized carbons (Fsp3) is 0.755. The van der Waals surface area contributed by atoms with Gasteiger partial charge in [-0.05, 0) is 103 Å². The molecule has 0 atom stereocenters. The lowest BCUT2D eigenvalue weighted by molar-refractivity contribution is -0.167. The highest BCUT2D eigenvalue weighted by atomic mass is 16.6. The lowest BCUT2D eigenvalue weighted by atomic mass is 10.1. The van der Waals surface area contributed by atoms with Crippen molar-refractivity contribution in [1.29, 1.82) is 0 Å². The number of hydrogen-bond acceptors (Lipinski definition) is 6. The van der Waals surface area contributed by atoms with Crippen LogP contribution < -0.4 is 0 Å². The van der Waals surface area contributed by atoms with Gasteiger partial charge in [0, 0.05) is 19.3 Å². The molecule has 0 amide bonds. The Hall–Kier alpha value is -2.89. The number of carbonyl (C=O) groups excluding carboxylic acids is 3. The van der Waals surface area contributed by atoms with Gasteiger partial charge in [-0.15, -0.1) is 0 Å². The third-order valence-corrected chi connectivity index (χ3v) is 10.5. The van der Waals surface area contributed by atoms with Crippen LogP contribution in [-0.4, -0.2) is 37.2 Å². The molecule has 0 aromatic rings.